The average molecular weight is 429 g/mol. The van der Waals surface area contributed by atoms with Crippen LogP contribution in [-0.4, -0.2) is 54.5 Å². The Morgan fingerprint density at radius 2 is 2.06 bits per heavy atom. The highest BCUT2D eigenvalue weighted by atomic mass is 19.1. The number of nitrogens with one attached hydrogen (secondary N) is 3. The number of nitrogens with zero attached hydrogens (tertiary/aromatic N) is 1. The summed E-state index contributed by atoms with van der Waals surface area (Å²) >= 11 is 0. The fourth-order valence-corrected chi connectivity index (χ4v) is 6.12. The lowest BCUT2D eigenvalue weighted by molar-refractivity contribution is -0.122. The minimum atomic E-state index is -0.395. The van der Waals surface area contributed by atoms with Crippen molar-refractivity contribution in [2.45, 2.75) is 76.4 Å². The first-order valence-corrected chi connectivity index (χ1v) is 11.8. The molecule has 2 unspecified atom stereocenters. The molecular weight excluding hydrogens is 395 g/mol. The number of piperidine rings is 1. The molecular formula is C24H33FN4O2. The van der Waals surface area contributed by atoms with Gasteiger partial charge >= 0.3 is 0 Å². The molecule has 6 nitrogen and oxygen atoms in total. The topological polar surface area (TPSA) is 73.5 Å². The molecule has 7 heteroatoms. The molecule has 0 radical (unpaired) electrons. The summed E-state index contributed by atoms with van der Waals surface area (Å²) in [5.74, 6) is -0.0522. The molecule has 2 amide bonds. The number of amides is 2. The maximum absolute atomic E-state index is 14.2. The Morgan fingerprint density at radius 1 is 1.26 bits per heavy atom. The molecule has 1 saturated carbocycles. The Bertz CT molecular complexity index is 850. The van der Waals surface area contributed by atoms with Crippen LogP contribution in [0.1, 0.15) is 56.1 Å². The molecule has 4 aliphatic rings. The van der Waals surface area contributed by atoms with Gasteiger partial charge in [-0.3, -0.25) is 9.59 Å². The molecule has 1 aliphatic carbocycles. The molecule has 0 bridgehead atoms. The Kier molecular flexibility index (Phi) is 5.40. The third-order valence-corrected chi connectivity index (χ3v) is 8.07. The van der Waals surface area contributed by atoms with Crippen molar-refractivity contribution in [1.82, 2.24) is 15.5 Å². The van der Waals surface area contributed by atoms with Gasteiger partial charge in [-0.25, -0.2) is 4.39 Å². The van der Waals surface area contributed by atoms with E-state index in [0.29, 0.717) is 24.4 Å². The van der Waals surface area contributed by atoms with E-state index in [1.54, 1.807) is 6.07 Å². The van der Waals surface area contributed by atoms with Gasteiger partial charge in [0.2, 0.25) is 11.8 Å². The van der Waals surface area contributed by atoms with Crippen molar-refractivity contribution in [2.24, 2.45) is 5.41 Å². The Balaban J connectivity index is 1.15. The lowest BCUT2D eigenvalue weighted by atomic mass is 9.76. The quantitative estimate of drug-likeness (QED) is 0.692. The zero-order chi connectivity index (χ0) is 21.6. The van der Waals surface area contributed by atoms with E-state index in [-0.39, 0.29) is 29.1 Å². The summed E-state index contributed by atoms with van der Waals surface area (Å²) in [6.07, 6.45) is 7.52. The van der Waals surface area contributed by atoms with E-state index in [2.05, 4.69) is 20.9 Å². The first kappa shape index (κ1) is 20.7. The van der Waals surface area contributed by atoms with E-state index in [9.17, 15) is 14.0 Å². The highest BCUT2D eigenvalue weighted by Crippen LogP contribution is 2.39. The number of aryl methyl sites for hydroxylation is 1. The lowest BCUT2D eigenvalue weighted by Gasteiger charge is -2.44. The monoisotopic (exact) mass is 428 g/mol. The van der Waals surface area contributed by atoms with Gasteiger partial charge in [-0.15, -0.1) is 0 Å². The van der Waals surface area contributed by atoms with E-state index in [1.807, 2.05) is 6.92 Å². The zero-order valence-corrected chi connectivity index (χ0v) is 18.3. The number of halogens is 1. The number of benzene rings is 1. The average Bonchev–Trinajstić information content (AvgIpc) is 3.37. The minimum Gasteiger partial charge on any atom is -0.373 e. The van der Waals surface area contributed by atoms with Crippen LogP contribution in [0.4, 0.5) is 10.1 Å². The molecule has 1 spiro atoms. The van der Waals surface area contributed by atoms with E-state index >= 15 is 0 Å². The van der Waals surface area contributed by atoms with Crippen LogP contribution in [0.5, 0.6) is 0 Å². The van der Waals surface area contributed by atoms with Crippen LogP contribution >= 0.6 is 0 Å². The normalized spacial score (nSPS) is 30.0. The second-order valence-corrected chi connectivity index (χ2v) is 10.1. The van der Waals surface area contributed by atoms with Gasteiger partial charge in [0.05, 0.1) is 0 Å². The Labute approximate surface area is 183 Å². The summed E-state index contributed by atoms with van der Waals surface area (Å²) in [6.45, 7) is 4.86. The molecule has 168 valence electrons. The second-order valence-electron chi connectivity index (χ2n) is 10.1. The summed E-state index contributed by atoms with van der Waals surface area (Å²) in [7, 11) is 0. The van der Waals surface area contributed by atoms with Gasteiger partial charge in [0.25, 0.3) is 0 Å². The number of hydrogen-bond acceptors (Lipinski definition) is 4. The number of anilines is 1. The summed E-state index contributed by atoms with van der Waals surface area (Å²) in [4.78, 5) is 27.2. The molecule has 1 aromatic carbocycles. The van der Waals surface area contributed by atoms with Crippen LogP contribution in [0.15, 0.2) is 12.1 Å². The predicted octanol–water partition coefficient (Wildman–Crippen LogP) is 2.50. The van der Waals surface area contributed by atoms with Gasteiger partial charge in [-0.2, -0.15) is 0 Å². The molecule has 3 N–H and O–H groups in total. The zero-order valence-electron chi connectivity index (χ0n) is 18.3. The third-order valence-electron chi connectivity index (χ3n) is 8.07. The smallest absolute Gasteiger partial charge is 0.243 e. The van der Waals surface area contributed by atoms with E-state index < -0.39 is 6.04 Å². The molecule has 3 fully saturated rings. The van der Waals surface area contributed by atoms with Crippen LogP contribution < -0.4 is 16.0 Å². The van der Waals surface area contributed by atoms with Crippen molar-refractivity contribution in [3.8, 4) is 0 Å². The number of carbonyl (C=O) groups excluding carboxylic acids is 2. The van der Waals surface area contributed by atoms with Crippen molar-refractivity contribution < 1.29 is 14.0 Å². The fourth-order valence-electron chi connectivity index (χ4n) is 6.12. The van der Waals surface area contributed by atoms with Crippen molar-refractivity contribution in [2.75, 3.05) is 25.0 Å². The van der Waals surface area contributed by atoms with Crippen molar-refractivity contribution in [3.63, 3.8) is 0 Å². The van der Waals surface area contributed by atoms with Crippen LogP contribution in [0.25, 0.3) is 0 Å². The van der Waals surface area contributed by atoms with Crippen LogP contribution in [0.2, 0.25) is 0 Å². The summed E-state index contributed by atoms with van der Waals surface area (Å²) < 4.78 is 14.2. The number of fused-ring (bicyclic) bond motifs is 1. The Hall–Kier alpha value is -2.15. The lowest BCUT2D eigenvalue weighted by Crippen LogP contribution is -2.51. The van der Waals surface area contributed by atoms with E-state index in [4.69, 9.17) is 0 Å². The number of hydrogen-bond donors (Lipinski definition) is 3. The molecule has 2 saturated heterocycles. The second kappa shape index (κ2) is 8.08. The highest BCUT2D eigenvalue weighted by molar-refractivity contribution is 5.88. The van der Waals surface area contributed by atoms with Gasteiger partial charge in [0.15, 0.2) is 0 Å². The number of carbonyl (C=O) groups is 2. The molecule has 31 heavy (non-hydrogen) atoms. The van der Waals surface area contributed by atoms with Gasteiger partial charge in [-0.05, 0) is 75.6 Å². The predicted molar refractivity (Wildman–Crippen MR) is 117 cm³/mol. The first-order valence-electron chi connectivity index (χ1n) is 11.8. The third kappa shape index (κ3) is 4.04. The first-order chi connectivity index (χ1) is 14.9. The van der Waals surface area contributed by atoms with Crippen molar-refractivity contribution in [1.29, 1.82) is 0 Å². The fraction of sp³-hybridized carbons (Fsp3) is 0.667. The van der Waals surface area contributed by atoms with Crippen LogP contribution in [0.3, 0.4) is 0 Å². The maximum atomic E-state index is 14.2. The largest absolute Gasteiger partial charge is 0.373 e. The van der Waals surface area contributed by atoms with Crippen molar-refractivity contribution in [3.05, 3.63) is 29.1 Å². The van der Waals surface area contributed by atoms with Crippen LogP contribution in [0, 0.1) is 18.2 Å². The van der Waals surface area contributed by atoms with E-state index in [1.165, 1.54) is 12.5 Å². The molecule has 1 aromatic rings. The standard InChI is InChI=1S/C24H33FN4O2/c1-15-5-6-19(25)18-12-20(28-22(15)18)23(31)27-16-3-2-4-17(11-16)29-9-7-24(8-10-29)13-21(30)26-14-24/h5-6,16-17,20,28H,2-4,7-14H2,1H3,(H,26,30)(H,27,31)/t16-,17?,20?/m1/s1. The summed E-state index contributed by atoms with van der Waals surface area (Å²) in [6, 6.07) is 3.52. The van der Waals surface area contributed by atoms with Gasteiger partial charge in [0.1, 0.15) is 11.9 Å². The maximum Gasteiger partial charge on any atom is 0.243 e. The number of likely N-dealkylation sites (tertiary alicyclic amines) is 1. The van der Waals surface area contributed by atoms with E-state index in [0.717, 1.165) is 63.0 Å². The number of rotatable bonds is 3. The molecule has 3 aliphatic heterocycles. The minimum absolute atomic E-state index is 0.0196. The van der Waals surface area contributed by atoms with Crippen molar-refractivity contribution >= 4 is 17.5 Å². The molecule has 0 aromatic heterocycles. The van der Waals surface area contributed by atoms with Crippen LogP contribution in [-0.2, 0) is 16.0 Å². The summed E-state index contributed by atoms with van der Waals surface area (Å²) in [5, 5.41) is 9.50. The SMILES string of the molecule is Cc1ccc(F)c2c1NC(C(=O)N[C@@H]1CCCC(N3CCC4(CC3)CNC(=O)C4)C1)C2. The molecule has 3 atom stereocenters. The van der Waals surface area contributed by atoms with Gasteiger partial charge in [0, 0.05) is 42.7 Å². The van der Waals surface area contributed by atoms with Gasteiger partial charge < -0.3 is 20.9 Å². The Morgan fingerprint density at radius 3 is 2.77 bits per heavy atom. The molecule has 5 rings (SSSR count). The summed E-state index contributed by atoms with van der Waals surface area (Å²) in [5.41, 5.74) is 2.56. The molecule has 3 heterocycles. The highest BCUT2D eigenvalue weighted by Gasteiger charge is 2.42. The van der Waals surface area contributed by atoms with Gasteiger partial charge in [-0.1, -0.05) is 6.07 Å².